The molecule has 0 aliphatic heterocycles. The van der Waals surface area contributed by atoms with Gasteiger partial charge in [0.2, 0.25) is 0 Å². The molecule has 0 bridgehead atoms. The van der Waals surface area contributed by atoms with Crippen LogP contribution in [-0.2, 0) is 14.5 Å². The fourth-order valence-electron chi connectivity index (χ4n) is 4.37. The summed E-state index contributed by atoms with van der Waals surface area (Å²) in [5, 5.41) is 34.5. The SMILES string of the molecule is NS(=O)(=O)OC[C@H]1C[C@@H](Nc2ccnc3cc(-c4ccc5ccccc5c4F)nn23)[C@H](O)[C@@H]1O. The average molecular weight is 488 g/mol. The van der Waals surface area contributed by atoms with Gasteiger partial charge in [-0.1, -0.05) is 30.3 Å². The summed E-state index contributed by atoms with van der Waals surface area (Å²) in [7, 11) is -4.16. The molecule has 1 saturated carbocycles. The lowest BCUT2D eigenvalue weighted by Crippen LogP contribution is -2.36. The van der Waals surface area contributed by atoms with Crippen LogP contribution in [0.3, 0.4) is 0 Å². The van der Waals surface area contributed by atoms with E-state index in [0.717, 1.165) is 5.39 Å². The third-order valence-corrected chi connectivity index (χ3v) is 6.54. The molecule has 4 atom stereocenters. The van der Waals surface area contributed by atoms with Crippen molar-refractivity contribution in [3.05, 3.63) is 60.5 Å². The summed E-state index contributed by atoms with van der Waals surface area (Å²) in [5.74, 6) is -0.576. The van der Waals surface area contributed by atoms with Gasteiger partial charge in [-0.25, -0.2) is 14.5 Å². The van der Waals surface area contributed by atoms with Gasteiger partial charge in [-0.3, -0.25) is 4.18 Å². The van der Waals surface area contributed by atoms with Gasteiger partial charge in [0.05, 0.1) is 24.4 Å². The molecule has 5 rings (SSSR count). The van der Waals surface area contributed by atoms with Gasteiger partial charge in [0.1, 0.15) is 17.7 Å². The average Bonchev–Trinajstić information content (AvgIpc) is 3.35. The first-order valence-electron chi connectivity index (χ1n) is 10.5. The van der Waals surface area contributed by atoms with E-state index in [4.69, 9.17) is 5.14 Å². The van der Waals surface area contributed by atoms with E-state index >= 15 is 4.39 Å². The van der Waals surface area contributed by atoms with E-state index < -0.39 is 34.5 Å². The van der Waals surface area contributed by atoms with Gasteiger partial charge in [-0.2, -0.15) is 18.0 Å². The van der Waals surface area contributed by atoms with Gasteiger partial charge in [-0.15, -0.1) is 0 Å². The Morgan fingerprint density at radius 3 is 2.76 bits per heavy atom. The first-order valence-corrected chi connectivity index (χ1v) is 12.0. The number of halogens is 1. The molecular weight excluding hydrogens is 465 g/mol. The molecule has 2 heterocycles. The molecule has 4 aromatic rings. The molecule has 0 unspecified atom stereocenters. The van der Waals surface area contributed by atoms with Crippen LogP contribution < -0.4 is 10.5 Å². The second-order valence-corrected chi connectivity index (χ2v) is 9.50. The lowest BCUT2D eigenvalue weighted by molar-refractivity contribution is 0.00777. The smallest absolute Gasteiger partial charge is 0.333 e. The Labute approximate surface area is 194 Å². The number of aromatic nitrogens is 3. The minimum absolute atomic E-state index is 0.217. The minimum Gasteiger partial charge on any atom is -0.390 e. The van der Waals surface area contributed by atoms with Crippen molar-refractivity contribution in [3.63, 3.8) is 0 Å². The van der Waals surface area contributed by atoms with Crippen LogP contribution in [0.2, 0.25) is 0 Å². The number of aliphatic hydroxyl groups is 2. The summed E-state index contributed by atoms with van der Waals surface area (Å²) >= 11 is 0. The number of nitrogens with one attached hydrogen (secondary N) is 1. The van der Waals surface area contributed by atoms with Gasteiger partial charge >= 0.3 is 10.3 Å². The van der Waals surface area contributed by atoms with Crippen molar-refractivity contribution in [2.45, 2.75) is 24.7 Å². The number of benzene rings is 2. The van der Waals surface area contributed by atoms with E-state index in [0.29, 0.717) is 28.1 Å². The number of nitrogens with zero attached hydrogens (tertiary/aromatic N) is 3. The molecule has 0 spiro atoms. The zero-order chi connectivity index (χ0) is 24.0. The number of hydrogen-bond donors (Lipinski definition) is 4. The lowest BCUT2D eigenvalue weighted by Gasteiger charge is -2.19. The second kappa shape index (κ2) is 8.56. The number of anilines is 1. The number of hydrogen-bond acceptors (Lipinski definition) is 8. The Bertz CT molecular complexity index is 1480. The molecule has 1 aliphatic rings. The fraction of sp³-hybridized carbons (Fsp3) is 0.273. The van der Waals surface area contributed by atoms with Crippen molar-refractivity contribution in [3.8, 4) is 11.3 Å². The quantitative estimate of drug-likeness (QED) is 0.319. The summed E-state index contributed by atoms with van der Waals surface area (Å²) < 4.78 is 43.4. The Kier molecular flexibility index (Phi) is 5.70. The van der Waals surface area contributed by atoms with E-state index in [9.17, 15) is 18.6 Å². The predicted octanol–water partition coefficient (Wildman–Crippen LogP) is 1.43. The first kappa shape index (κ1) is 22.6. The molecule has 1 aliphatic carbocycles. The van der Waals surface area contributed by atoms with Crippen molar-refractivity contribution < 1.29 is 27.2 Å². The van der Waals surface area contributed by atoms with Crippen LogP contribution in [0.15, 0.2) is 54.7 Å². The summed E-state index contributed by atoms with van der Waals surface area (Å²) in [6, 6.07) is 13.3. The maximum Gasteiger partial charge on any atom is 0.333 e. The topological polar surface area (TPSA) is 152 Å². The zero-order valence-corrected chi connectivity index (χ0v) is 18.6. The fourth-order valence-corrected chi connectivity index (χ4v) is 4.74. The highest BCUT2D eigenvalue weighted by atomic mass is 32.2. The molecular formula is C22H22FN5O5S. The Morgan fingerprint density at radius 2 is 1.97 bits per heavy atom. The maximum absolute atomic E-state index is 15.2. The van der Waals surface area contributed by atoms with Gasteiger partial charge in [-0.05, 0) is 23.9 Å². The summed E-state index contributed by atoms with van der Waals surface area (Å²) in [6.45, 7) is -0.353. The molecule has 34 heavy (non-hydrogen) atoms. The molecule has 10 nitrogen and oxygen atoms in total. The van der Waals surface area contributed by atoms with Crippen molar-refractivity contribution in [2.24, 2.45) is 11.1 Å². The molecule has 1 fully saturated rings. The number of aliphatic hydroxyl groups excluding tert-OH is 2. The lowest BCUT2D eigenvalue weighted by atomic mass is 10.0. The van der Waals surface area contributed by atoms with Crippen molar-refractivity contribution in [2.75, 3.05) is 11.9 Å². The number of rotatable bonds is 6. The van der Waals surface area contributed by atoms with E-state index in [1.807, 2.05) is 18.2 Å². The van der Waals surface area contributed by atoms with Crippen LogP contribution in [0.1, 0.15) is 6.42 Å². The maximum atomic E-state index is 15.2. The minimum atomic E-state index is -4.16. The van der Waals surface area contributed by atoms with Crippen LogP contribution in [0.5, 0.6) is 0 Å². The molecule has 0 saturated heterocycles. The number of nitrogens with two attached hydrogens (primary N) is 1. The molecule has 2 aromatic carbocycles. The van der Waals surface area contributed by atoms with Crippen molar-refractivity contribution >= 4 is 32.5 Å². The van der Waals surface area contributed by atoms with Crippen LogP contribution >= 0.6 is 0 Å². The van der Waals surface area contributed by atoms with Gasteiger partial charge in [0.25, 0.3) is 0 Å². The molecule has 5 N–H and O–H groups in total. The Hall–Kier alpha value is -3.16. The molecule has 0 amide bonds. The van der Waals surface area contributed by atoms with E-state index in [1.165, 1.54) is 4.52 Å². The highest BCUT2D eigenvalue weighted by Gasteiger charge is 2.42. The Balaban J connectivity index is 1.43. The van der Waals surface area contributed by atoms with Crippen LogP contribution in [0, 0.1) is 11.7 Å². The number of fused-ring (bicyclic) bond motifs is 2. The molecule has 2 aromatic heterocycles. The summed E-state index contributed by atoms with van der Waals surface area (Å²) in [6.07, 6.45) is -0.643. The molecule has 0 radical (unpaired) electrons. The highest BCUT2D eigenvalue weighted by molar-refractivity contribution is 7.84. The van der Waals surface area contributed by atoms with Gasteiger partial charge in [0, 0.05) is 29.1 Å². The monoisotopic (exact) mass is 487 g/mol. The summed E-state index contributed by atoms with van der Waals surface area (Å²) in [4.78, 5) is 4.29. The van der Waals surface area contributed by atoms with Gasteiger partial charge < -0.3 is 15.5 Å². The normalized spacial score (nSPS) is 23.1. The summed E-state index contributed by atoms with van der Waals surface area (Å²) in [5.41, 5.74) is 1.16. The third kappa shape index (κ3) is 4.21. The van der Waals surface area contributed by atoms with Crippen LogP contribution in [0.4, 0.5) is 10.2 Å². The zero-order valence-electron chi connectivity index (χ0n) is 17.7. The van der Waals surface area contributed by atoms with Crippen LogP contribution in [0.25, 0.3) is 27.7 Å². The van der Waals surface area contributed by atoms with Crippen molar-refractivity contribution in [1.82, 2.24) is 14.6 Å². The predicted molar refractivity (Wildman–Crippen MR) is 122 cm³/mol. The van der Waals surface area contributed by atoms with Gasteiger partial charge in [0.15, 0.2) is 5.65 Å². The van der Waals surface area contributed by atoms with Crippen molar-refractivity contribution in [1.29, 1.82) is 0 Å². The largest absolute Gasteiger partial charge is 0.390 e. The second-order valence-electron chi connectivity index (χ2n) is 8.28. The van der Waals surface area contributed by atoms with E-state index in [2.05, 4.69) is 19.6 Å². The standard InChI is InChI=1S/C22H22FN5O5S/c23-20-14-4-2-1-3-12(14)5-6-15(20)16-10-19-25-8-7-18(28(19)27-16)26-17-9-13(21(29)22(17)30)11-33-34(24,31)32/h1-8,10,13,17,21-22,26,29-30H,9,11H2,(H2,24,31,32)/t13-,17-,21-,22+/m1/s1. The van der Waals surface area contributed by atoms with E-state index in [-0.39, 0.29) is 18.8 Å². The molecule has 178 valence electrons. The highest BCUT2D eigenvalue weighted by Crippen LogP contribution is 2.32. The third-order valence-electron chi connectivity index (χ3n) is 6.08. The van der Waals surface area contributed by atoms with Crippen LogP contribution in [-0.4, -0.2) is 58.1 Å². The Morgan fingerprint density at radius 1 is 1.18 bits per heavy atom. The first-order chi connectivity index (χ1) is 16.2. The molecule has 12 heteroatoms. The van der Waals surface area contributed by atoms with E-state index in [1.54, 1.807) is 36.5 Å².